The summed E-state index contributed by atoms with van der Waals surface area (Å²) in [4.78, 5) is 11.7. The number of nitrogens with one attached hydrogen (secondary N) is 3. The Balaban J connectivity index is 1.41. The summed E-state index contributed by atoms with van der Waals surface area (Å²) < 4.78 is 5.91. The maximum absolute atomic E-state index is 11.7. The molecule has 1 aliphatic carbocycles. The van der Waals surface area contributed by atoms with Crippen LogP contribution in [0.3, 0.4) is 0 Å². The Hall–Kier alpha value is -3.61. The maximum Gasteiger partial charge on any atom is 0.319 e. The van der Waals surface area contributed by atoms with Crippen molar-refractivity contribution >= 4 is 17.7 Å². The van der Waals surface area contributed by atoms with E-state index in [1.165, 1.54) is 17.5 Å². The van der Waals surface area contributed by atoms with Crippen LogP contribution in [0.5, 0.6) is 0 Å². The molecule has 0 radical (unpaired) electrons. The zero-order valence-electron chi connectivity index (χ0n) is 20.4. The fraction of sp³-hybridized carbons (Fsp3) is 0.370. The van der Waals surface area contributed by atoms with Crippen LogP contribution in [0.15, 0.2) is 59.5 Å². The lowest BCUT2D eigenvalue weighted by Gasteiger charge is -2.41. The molecule has 1 heterocycles. The number of anilines is 2. The number of carbonyl (C=O) groups excluding carboxylic acids is 1. The van der Waals surface area contributed by atoms with Crippen LogP contribution in [0, 0.1) is 0 Å². The van der Waals surface area contributed by atoms with Crippen LogP contribution in [0.25, 0.3) is 11.5 Å². The highest BCUT2D eigenvalue weighted by atomic mass is 16.4. The number of aromatic nitrogens is 2. The Bertz CT molecular complexity index is 1180. The normalized spacial score (nSPS) is 15.8. The van der Waals surface area contributed by atoms with E-state index in [9.17, 15) is 4.79 Å². The minimum Gasteiger partial charge on any atom is -0.403 e. The van der Waals surface area contributed by atoms with Crippen molar-refractivity contribution in [3.63, 3.8) is 0 Å². The molecular formula is C27H33N5O2. The summed E-state index contributed by atoms with van der Waals surface area (Å²) in [5.41, 5.74) is 5.73. The van der Waals surface area contributed by atoms with E-state index in [-0.39, 0.29) is 16.9 Å². The van der Waals surface area contributed by atoms with Crippen molar-refractivity contribution in [1.29, 1.82) is 0 Å². The van der Waals surface area contributed by atoms with E-state index >= 15 is 0 Å². The standard InChI is InChI=1S/C27H33N5O2/c1-6-15-28-24(33)30-20-10-7-18(8-11-20)17-29-25-32-31-23(34-25)19-9-12-21-22(16-19)27(4,5)14-13-26(21,2)3/h6-12,16H,1,13-15,17H2,2-5H3,(H,29,32)(H2,28,30,33). The monoisotopic (exact) mass is 459 g/mol. The first-order chi connectivity index (χ1) is 16.2. The predicted octanol–water partition coefficient (Wildman–Crippen LogP) is 6.01. The maximum atomic E-state index is 11.7. The number of hydrogen-bond acceptors (Lipinski definition) is 5. The van der Waals surface area contributed by atoms with E-state index < -0.39 is 0 Å². The average Bonchev–Trinajstić information content (AvgIpc) is 3.29. The van der Waals surface area contributed by atoms with Crippen LogP contribution in [-0.4, -0.2) is 22.8 Å². The van der Waals surface area contributed by atoms with Crippen LogP contribution < -0.4 is 16.0 Å². The van der Waals surface area contributed by atoms with Gasteiger partial charge in [0.15, 0.2) is 0 Å². The molecule has 0 unspecified atom stereocenters. The fourth-order valence-electron chi connectivity index (χ4n) is 4.36. The molecule has 34 heavy (non-hydrogen) atoms. The predicted molar refractivity (Wildman–Crippen MR) is 136 cm³/mol. The van der Waals surface area contributed by atoms with Gasteiger partial charge in [0.25, 0.3) is 0 Å². The molecule has 0 bridgehead atoms. The summed E-state index contributed by atoms with van der Waals surface area (Å²) in [5, 5.41) is 17.1. The Morgan fingerprint density at radius 2 is 1.74 bits per heavy atom. The van der Waals surface area contributed by atoms with Crippen molar-refractivity contribution in [1.82, 2.24) is 15.5 Å². The number of rotatable bonds is 7. The topological polar surface area (TPSA) is 92.1 Å². The average molecular weight is 460 g/mol. The first-order valence-corrected chi connectivity index (χ1v) is 11.7. The molecule has 4 rings (SSSR count). The summed E-state index contributed by atoms with van der Waals surface area (Å²) in [7, 11) is 0. The number of nitrogens with zero attached hydrogens (tertiary/aromatic N) is 2. The number of hydrogen-bond donors (Lipinski definition) is 3. The zero-order chi connectivity index (χ0) is 24.3. The van der Waals surface area contributed by atoms with Crippen LogP contribution in [-0.2, 0) is 17.4 Å². The van der Waals surface area contributed by atoms with Gasteiger partial charge in [-0.05, 0) is 64.6 Å². The third-order valence-corrected chi connectivity index (χ3v) is 6.59. The SMILES string of the molecule is C=CCNC(=O)Nc1ccc(CNc2nnc(-c3ccc4c(c3)C(C)(C)CCC4(C)C)o2)cc1. The van der Waals surface area contributed by atoms with Gasteiger partial charge >= 0.3 is 12.0 Å². The Labute approximate surface area is 201 Å². The first kappa shape index (κ1) is 23.5. The van der Waals surface area contributed by atoms with Gasteiger partial charge in [-0.1, -0.05) is 57.1 Å². The van der Waals surface area contributed by atoms with E-state index in [1.807, 2.05) is 24.3 Å². The minimum absolute atomic E-state index is 0.120. The summed E-state index contributed by atoms with van der Waals surface area (Å²) in [5.74, 6) is 0.509. The van der Waals surface area contributed by atoms with Crippen molar-refractivity contribution in [2.24, 2.45) is 0 Å². The van der Waals surface area contributed by atoms with E-state index in [0.29, 0.717) is 30.7 Å². The highest BCUT2D eigenvalue weighted by molar-refractivity contribution is 5.89. The molecule has 3 aromatic rings. The molecule has 2 amide bonds. The van der Waals surface area contributed by atoms with Gasteiger partial charge in [0, 0.05) is 24.3 Å². The van der Waals surface area contributed by atoms with Gasteiger partial charge < -0.3 is 20.4 Å². The highest BCUT2D eigenvalue weighted by Gasteiger charge is 2.37. The Kier molecular flexibility index (Phi) is 6.46. The van der Waals surface area contributed by atoms with Gasteiger partial charge in [0.1, 0.15) is 0 Å². The third kappa shape index (κ3) is 5.14. The molecule has 0 aliphatic heterocycles. The van der Waals surface area contributed by atoms with Gasteiger partial charge in [-0.25, -0.2) is 4.79 Å². The van der Waals surface area contributed by atoms with Gasteiger partial charge in [-0.3, -0.25) is 0 Å². The number of benzene rings is 2. The van der Waals surface area contributed by atoms with Gasteiger partial charge in [-0.15, -0.1) is 11.7 Å². The number of fused-ring (bicyclic) bond motifs is 1. The lowest BCUT2D eigenvalue weighted by atomic mass is 9.63. The number of amides is 2. The molecular weight excluding hydrogens is 426 g/mol. The number of urea groups is 1. The molecule has 178 valence electrons. The molecule has 2 aromatic carbocycles. The van der Waals surface area contributed by atoms with Crippen LogP contribution >= 0.6 is 0 Å². The Morgan fingerprint density at radius 3 is 2.44 bits per heavy atom. The van der Waals surface area contributed by atoms with Crippen molar-refractivity contribution in [3.05, 3.63) is 71.8 Å². The van der Waals surface area contributed by atoms with Crippen molar-refractivity contribution < 1.29 is 9.21 Å². The molecule has 0 saturated carbocycles. The van der Waals surface area contributed by atoms with E-state index in [1.54, 1.807) is 6.08 Å². The summed E-state index contributed by atoms with van der Waals surface area (Å²) in [6.45, 7) is 13.8. The van der Waals surface area contributed by atoms with E-state index in [2.05, 4.69) is 78.6 Å². The van der Waals surface area contributed by atoms with E-state index in [0.717, 1.165) is 17.5 Å². The van der Waals surface area contributed by atoms with E-state index in [4.69, 9.17) is 4.42 Å². The molecule has 3 N–H and O–H groups in total. The number of carbonyl (C=O) groups is 1. The molecule has 7 nitrogen and oxygen atoms in total. The van der Waals surface area contributed by atoms with Crippen molar-refractivity contribution in [2.75, 3.05) is 17.2 Å². The molecule has 1 aliphatic rings. The molecule has 0 atom stereocenters. The van der Waals surface area contributed by atoms with Gasteiger partial charge in [-0.2, -0.15) is 0 Å². The third-order valence-electron chi connectivity index (χ3n) is 6.59. The molecule has 1 aromatic heterocycles. The Morgan fingerprint density at radius 1 is 1.03 bits per heavy atom. The fourth-order valence-corrected chi connectivity index (χ4v) is 4.36. The van der Waals surface area contributed by atoms with Crippen LogP contribution in [0.1, 0.15) is 57.2 Å². The highest BCUT2D eigenvalue weighted by Crippen LogP contribution is 2.46. The van der Waals surface area contributed by atoms with Gasteiger partial charge in [0.2, 0.25) is 5.89 Å². The van der Waals surface area contributed by atoms with Crippen LogP contribution in [0.2, 0.25) is 0 Å². The molecule has 0 fully saturated rings. The lowest BCUT2D eigenvalue weighted by molar-refractivity contribution is 0.253. The first-order valence-electron chi connectivity index (χ1n) is 11.7. The molecule has 0 spiro atoms. The van der Waals surface area contributed by atoms with Crippen molar-refractivity contribution in [2.45, 2.75) is 57.9 Å². The smallest absolute Gasteiger partial charge is 0.319 e. The molecule has 0 saturated heterocycles. The zero-order valence-corrected chi connectivity index (χ0v) is 20.4. The second-order valence-corrected chi connectivity index (χ2v) is 10.1. The van der Waals surface area contributed by atoms with Crippen molar-refractivity contribution in [3.8, 4) is 11.5 Å². The minimum atomic E-state index is -0.265. The molecule has 7 heteroatoms. The second-order valence-electron chi connectivity index (χ2n) is 10.1. The summed E-state index contributed by atoms with van der Waals surface area (Å²) in [6, 6.07) is 14.2. The quantitative estimate of drug-likeness (QED) is 0.377. The summed E-state index contributed by atoms with van der Waals surface area (Å²) in [6.07, 6.45) is 3.96. The lowest BCUT2D eigenvalue weighted by Crippen LogP contribution is -2.33. The summed E-state index contributed by atoms with van der Waals surface area (Å²) >= 11 is 0. The van der Waals surface area contributed by atoms with Gasteiger partial charge in [0.05, 0.1) is 0 Å². The van der Waals surface area contributed by atoms with Crippen LogP contribution in [0.4, 0.5) is 16.5 Å². The largest absolute Gasteiger partial charge is 0.403 e. The second kappa shape index (κ2) is 9.33.